The predicted octanol–water partition coefficient (Wildman–Crippen LogP) is 13.3. The molecular formula is C52H40O5P2. The van der Waals surface area contributed by atoms with Gasteiger partial charge in [0.2, 0.25) is 0 Å². The van der Waals surface area contributed by atoms with Crippen molar-refractivity contribution in [3.05, 3.63) is 229 Å². The lowest BCUT2D eigenvalue weighted by Crippen LogP contribution is -2.34. The highest BCUT2D eigenvalue weighted by molar-refractivity contribution is 7.69. The summed E-state index contributed by atoms with van der Waals surface area (Å²) in [5.74, 6) is 2.45. The maximum atomic E-state index is 15.8. The molecule has 59 heavy (non-hydrogen) atoms. The summed E-state index contributed by atoms with van der Waals surface area (Å²) in [4.78, 5) is 0. The quantitative estimate of drug-likeness (QED) is 0.143. The van der Waals surface area contributed by atoms with Gasteiger partial charge in [-0.25, -0.2) is 0 Å². The van der Waals surface area contributed by atoms with Crippen LogP contribution < -0.4 is 24.4 Å². The van der Waals surface area contributed by atoms with Crippen LogP contribution >= 0.6 is 14.7 Å². The Morgan fingerprint density at radius 1 is 0.356 bits per heavy atom. The second-order valence-electron chi connectivity index (χ2n) is 15.3. The van der Waals surface area contributed by atoms with Crippen molar-refractivity contribution in [1.29, 1.82) is 0 Å². The molecule has 4 unspecified atom stereocenters. The third-order valence-electron chi connectivity index (χ3n) is 12.2. The number of ether oxygens (including phenoxy) is 1. The molecule has 0 aliphatic carbocycles. The summed E-state index contributed by atoms with van der Waals surface area (Å²) in [6.45, 7) is 4.04. The van der Waals surface area contributed by atoms with Gasteiger partial charge < -0.3 is 13.8 Å². The minimum atomic E-state index is -3.66. The van der Waals surface area contributed by atoms with E-state index in [1.807, 2.05) is 220 Å². The fourth-order valence-corrected chi connectivity index (χ4v) is 14.8. The Morgan fingerprint density at radius 2 is 0.661 bits per heavy atom. The van der Waals surface area contributed by atoms with Gasteiger partial charge in [-0.3, -0.25) is 9.13 Å². The van der Waals surface area contributed by atoms with E-state index in [1.54, 1.807) is 0 Å². The number of benzene rings is 8. The lowest BCUT2D eigenvalue weighted by Gasteiger charge is -2.41. The minimum Gasteiger partial charge on any atom is -0.457 e. The second-order valence-corrected chi connectivity index (χ2v) is 20.7. The van der Waals surface area contributed by atoms with Crippen LogP contribution in [0.5, 0.6) is 23.0 Å². The van der Waals surface area contributed by atoms with E-state index in [0.29, 0.717) is 33.6 Å². The van der Waals surface area contributed by atoms with Crippen LogP contribution in [0.3, 0.4) is 0 Å². The van der Waals surface area contributed by atoms with Crippen LogP contribution in [-0.2, 0) is 19.4 Å². The normalized spacial score (nSPS) is 19.5. The van der Waals surface area contributed by atoms with Crippen molar-refractivity contribution in [2.24, 2.45) is 0 Å². The van der Waals surface area contributed by atoms with Gasteiger partial charge in [0.1, 0.15) is 33.3 Å². The van der Waals surface area contributed by atoms with Crippen LogP contribution in [0.25, 0.3) is 22.3 Å². The van der Waals surface area contributed by atoms with Crippen molar-refractivity contribution < 1.29 is 22.9 Å². The van der Waals surface area contributed by atoms with Crippen LogP contribution in [0.15, 0.2) is 206 Å². The first-order valence-electron chi connectivity index (χ1n) is 19.7. The van der Waals surface area contributed by atoms with E-state index in [1.165, 1.54) is 0 Å². The third kappa shape index (κ3) is 5.68. The van der Waals surface area contributed by atoms with E-state index >= 15 is 9.13 Å². The van der Waals surface area contributed by atoms with Crippen LogP contribution in [0.1, 0.15) is 36.1 Å². The molecule has 8 aromatic rings. The first-order chi connectivity index (χ1) is 28.7. The molecule has 0 bridgehead atoms. The molecule has 2 aliphatic rings. The van der Waals surface area contributed by atoms with Gasteiger partial charge in [0.05, 0.1) is 10.6 Å². The van der Waals surface area contributed by atoms with Crippen LogP contribution in [-0.4, -0.2) is 0 Å². The van der Waals surface area contributed by atoms with E-state index in [9.17, 15) is 0 Å². The Bertz CT molecular complexity index is 2750. The zero-order valence-corrected chi connectivity index (χ0v) is 34.4. The summed E-state index contributed by atoms with van der Waals surface area (Å²) in [6.07, 6.45) is 0. The first-order valence-corrected chi connectivity index (χ1v) is 23.0. The molecule has 2 aliphatic heterocycles. The summed E-state index contributed by atoms with van der Waals surface area (Å²) < 4.78 is 51.5. The van der Waals surface area contributed by atoms with E-state index in [-0.39, 0.29) is 0 Å². The van der Waals surface area contributed by atoms with Gasteiger partial charge >= 0.3 is 0 Å². The largest absolute Gasteiger partial charge is 0.457 e. The summed E-state index contributed by atoms with van der Waals surface area (Å²) in [5.41, 5.74) is 7.13. The topological polar surface area (TPSA) is 61.8 Å². The smallest absolute Gasteiger partial charge is 0.292 e. The fourth-order valence-electron chi connectivity index (χ4n) is 8.86. The lowest BCUT2D eigenvalue weighted by molar-refractivity contribution is 0.462. The van der Waals surface area contributed by atoms with Crippen LogP contribution in [0.4, 0.5) is 0 Å². The lowest BCUT2D eigenvalue weighted by atomic mass is 9.92. The Labute approximate surface area is 344 Å². The zero-order chi connectivity index (χ0) is 40.2. The monoisotopic (exact) mass is 806 g/mol. The number of para-hydroxylation sites is 2. The molecule has 5 nitrogen and oxygen atoms in total. The Hall–Kier alpha value is -6.38. The second kappa shape index (κ2) is 14.2. The predicted molar refractivity (Wildman–Crippen MR) is 238 cm³/mol. The summed E-state index contributed by atoms with van der Waals surface area (Å²) in [6, 6.07) is 66.8. The highest BCUT2D eigenvalue weighted by Gasteiger charge is 2.55. The van der Waals surface area contributed by atoms with Crippen molar-refractivity contribution in [2.75, 3.05) is 0 Å². The molecule has 0 saturated heterocycles. The summed E-state index contributed by atoms with van der Waals surface area (Å²) >= 11 is 0. The molecule has 288 valence electrons. The molecule has 0 radical (unpaired) electrons. The molecule has 8 aromatic carbocycles. The van der Waals surface area contributed by atoms with Crippen LogP contribution in [0, 0.1) is 0 Å². The van der Waals surface area contributed by atoms with Gasteiger partial charge in [0.25, 0.3) is 14.7 Å². The first kappa shape index (κ1) is 36.9. The zero-order valence-electron chi connectivity index (χ0n) is 32.6. The van der Waals surface area contributed by atoms with Gasteiger partial charge in [-0.1, -0.05) is 158 Å². The fraction of sp³-hybridized carbons (Fsp3) is 0.0769. The Balaban J connectivity index is 1.00. The van der Waals surface area contributed by atoms with Gasteiger partial charge in [-0.05, 0) is 95.8 Å². The Morgan fingerprint density at radius 3 is 1.05 bits per heavy atom. The molecule has 0 spiro atoms. The van der Waals surface area contributed by atoms with Crippen molar-refractivity contribution in [3.63, 3.8) is 0 Å². The molecule has 0 amide bonds. The standard InChI is InChI=1S/C52H40O5P2/c1-51(37-17-5-3-6-18-37,58(53)49-27-15-11-23-45(49)43-21-9-13-25-47(43)56-58)39-29-33-41(34-30-39)55-42-35-31-40(32-36-42)52(2,38-19-7-4-8-20-38)59(54)50-28-16-12-24-46(50)44-22-10-14-26-48(44)57-59/h3-36H,1-2H3. The molecule has 7 heteroatoms. The third-order valence-corrected chi connectivity index (χ3v) is 18.5. The van der Waals surface area contributed by atoms with Crippen molar-refractivity contribution in [2.45, 2.75) is 24.2 Å². The highest BCUT2D eigenvalue weighted by atomic mass is 31.2. The number of hydrogen-bond acceptors (Lipinski definition) is 5. The van der Waals surface area contributed by atoms with Crippen molar-refractivity contribution in [1.82, 2.24) is 0 Å². The SMILES string of the molecule is CC(c1ccccc1)(c1ccc(Oc2ccc(C(C)(c3ccccc3)P3(=O)Oc4ccccc4-c4ccccc43)cc2)cc1)P1(=O)Oc2ccccc2-c2ccccc21. The van der Waals surface area contributed by atoms with E-state index in [2.05, 4.69) is 0 Å². The van der Waals surface area contributed by atoms with Gasteiger partial charge in [0.15, 0.2) is 0 Å². The van der Waals surface area contributed by atoms with Gasteiger partial charge in [0, 0.05) is 11.1 Å². The van der Waals surface area contributed by atoms with Gasteiger partial charge in [-0.2, -0.15) is 0 Å². The van der Waals surface area contributed by atoms with Crippen molar-refractivity contribution in [3.8, 4) is 45.3 Å². The summed E-state index contributed by atoms with van der Waals surface area (Å²) in [7, 11) is -7.32. The number of rotatable bonds is 8. The maximum absolute atomic E-state index is 15.8. The summed E-state index contributed by atoms with van der Waals surface area (Å²) in [5, 5.41) is -0.696. The maximum Gasteiger partial charge on any atom is 0.292 e. The average molecular weight is 807 g/mol. The molecule has 0 N–H and O–H groups in total. The van der Waals surface area contributed by atoms with E-state index < -0.39 is 25.0 Å². The highest BCUT2D eigenvalue weighted by Crippen LogP contribution is 2.70. The Kier molecular flexibility index (Phi) is 8.87. The van der Waals surface area contributed by atoms with Crippen LogP contribution in [0.2, 0.25) is 0 Å². The molecule has 0 saturated carbocycles. The molecule has 0 aromatic heterocycles. The van der Waals surface area contributed by atoms with E-state index in [4.69, 9.17) is 13.8 Å². The molecule has 4 atom stereocenters. The molecule has 2 heterocycles. The average Bonchev–Trinajstić information content (AvgIpc) is 3.30. The minimum absolute atomic E-state index is 0.609. The van der Waals surface area contributed by atoms with Gasteiger partial charge in [-0.15, -0.1) is 0 Å². The van der Waals surface area contributed by atoms with Crippen molar-refractivity contribution >= 4 is 25.3 Å². The number of hydrogen-bond donors (Lipinski definition) is 0. The molecule has 10 rings (SSSR count). The molecular weight excluding hydrogens is 767 g/mol. The number of fused-ring (bicyclic) bond motifs is 6. The van der Waals surface area contributed by atoms with E-state index in [0.717, 1.165) is 44.5 Å². The molecule has 0 fully saturated rings.